The van der Waals surface area contributed by atoms with Crippen molar-refractivity contribution < 1.29 is 9.84 Å². The first kappa shape index (κ1) is 17.0. The van der Waals surface area contributed by atoms with E-state index in [2.05, 4.69) is 31.6 Å². The lowest BCUT2D eigenvalue weighted by Crippen LogP contribution is -2.44. The lowest BCUT2D eigenvalue weighted by Gasteiger charge is -2.32. The van der Waals surface area contributed by atoms with Crippen LogP contribution in [0.3, 0.4) is 0 Å². The Labute approximate surface area is 149 Å². The highest BCUT2D eigenvalue weighted by Gasteiger charge is 2.43. The molecule has 0 saturated carbocycles. The number of nitrogens with zero attached hydrogens (tertiary/aromatic N) is 3. The monoisotopic (exact) mass is 347 g/mol. The van der Waals surface area contributed by atoms with Crippen LogP contribution >= 0.6 is 0 Å². The van der Waals surface area contributed by atoms with Crippen molar-refractivity contribution in [2.24, 2.45) is 0 Å². The largest absolute Gasteiger partial charge is 0.395 e. The van der Waals surface area contributed by atoms with Gasteiger partial charge in [-0.1, -0.05) is 0 Å². The van der Waals surface area contributed by atoms with Crippen molar-refractivity contribution in [3.05, 3.63) is 11.8 Å². The van der Waals surface area contributed by atoms with Gasteiger partial charge in [0.25, 0.3) is 0 Å². The third kappa shape index (κ3) is 3.59. The highest BCUT2D eigenvalue weighted by atomic mass is 16.5. The summed E-state index contributed by atoms with van der Waals surface area (Å²) < 4.78 is 5.52. The van der Waals surface area contributed by atoms with Crippen LogP contribution in [-0.4, -0.2) is 71.5 Å². The number of ether oxygens (including phenoxy) is 1. The van der Waals surface area contributed by atoms with E-state index in [1.54, 1.807) is 0 Å². The lowest BCUT2D eigenvalue weighted by molar-refractivity contribution is 0.193. The summed E-state index contributed by atoms with van der Waals surface area (Å²) in [7, 11) is 0. The number of aromatic nitrogens is 2. The summed E-state index contributed by atoms with van der Waals surface area (Å²) >= 11 is 0. The standard InChI is InChI=1S/C18H29N5O2/c24-9-6-19-17-21-15(14-3-10-25-12-14)11-16(22-17)20-13-18-4-1-7-23(18)8-2-5-18/h11,14,24H,1-10,12-13H2,(H2,19,20,21,22). The third-order valence-corrected chi connectivity index (χ3v) is 5.90. The van der Waals surface area contributed by atoms with Crippen molar-refractivity contribution in [2.75, 3.05) is 56.6 Å². The lowest BCUT2D eigenvalue weighted by atomic mass is 9.94. The van der Waals surface area contributed by atoms with Crippen molar-refractivity contribution in [1.29, 1.82) is 0 Å². The van der Waals surface area contributed by atoms with Gasteiger partial charge in [-0.2, -0.15) is 4.98 Å². The van der Waals surface area contributed by atoms with Gasteiger partial charge in [-0.15, -0.1) is 0 Å². The second kappa shape index (κ2) is 7.43. The van der Waals surface area contributed by atoms with Crippen molar-refractivity contribution in [3.8, 4) is 0 Å². The fourth-order valence-electron chi connectivity index (χ4n) is 4.55. The maximum absolute atomic E-state index is 9.07. The fraction of sp³-hybridized carbons (Fsp3) is 0.778. The number of anilines is 2. The van der Waals surface area contributed by atoms with Crippen molar-refractivity contribution in [2.45, 2.75) is 43.6 Å². The molecule has 0 spiro atoms. The van der Waals surface area contributed by atoms with Crippen molar-refractivity contribution >= 4 is 11.8 Å². The van der Waals surface area contributed by atoms with Crippen molar-refractivity contribution in [3.63, 3.8) is 0 Å². The molecule has 0 aromatic carbocycles. The Bertz CT molecular complexity index is 581. The van der Waals surface area contributed by atoms with Gasteiger partial charge in [0.15, 0.2) is 0 Å². The molecule has 1 aromatic rings. The summed E-state index contributed by atoms with van der Waals surface area (Å²) in [6, 6.07) is 2.08. The number of hydrogen-bond donors (Lipinski definition) is 3. The second-order valence-corrected chi connectivity index (χ2v) is 7.48. The fourth-order valence-corrected chi connectivity index (χ4v) is 4.55. The molecular weight excluding hydrogens is 318 g/mol. The zero-order chi connectivity index (χ0) is 17.1. The summed E-state index contributed by atoms with van der Waals surface area (Å²) in [5.41, 5.74) is 1.35. The molecule has 7 nitrogen and oxygen atoms in total. The molecule has 4 heterocycles. The number of aliphatic hydroxyl groups is 1. The molecule has 25 heavy (non-hydrogen) atoms. The Morgan fingerprint density at radius 1 is 1.24 bits per heavy atom. The second-order valence-electron chi connectivity index (χ2n) is 7.48. The molecule has 4 rings (SSSR count). The average Bonchev–Trinajstić information content (AvgIpc) is 3.34. The third-order valence-electron chi connectivity index (χ3n) is 5.90. The number of hydrogen-bond acceptors (Lipinski definition) is 7. The van der Waals surface area contributed by atoms with E-state index in [0.29, 0.717) is 23.9 Å². The smallest absolute Gasteiger partial charge is 0.224 e. The molecule has 3 aliphatic rings. The molecule has 3 N–H and O–H groups in total. The van der Waals surface area contributed by atoms with Crippen LogP contribution in [0.1, 0.15) is 43.7 Å². The zero-order valence-corrected chi connectivity index (χ0v) is 14.8. The van der Waals surface area contributed by atoms with E-state index in [4.69, 9.17) is 9.84 Å². The molecule has 1 unspecified atom stereocenters. The zero-order valence-electron chi connectivity index (χ0n) is 14.8. The SMILES string of the molecule is OCCNc1nc(NCC23CCCN2CCC3)cc(C2CCOC2)n1. The van der Waals surface area contributed by atoms with Crippen LogP contribution in [0.25, 0.3) is 0 Å². The number of nitrogens with one attached hydrogen (secondary N) is 2. The maximum atomic E-state index is 9.07. The quantitative estimate of drug-likeness (QED) is 0.688. The molecule has 0 amide bonds. The minimum atomic E-state index is 0.0704. The molecule has 0 radical (unpaired) electrons. The van der Waals surface area contributed by atoms with Gasteiger partial charge < -0.3 is 20.5 Å². The Kier molecular flexibility index (Phi) is 5.05. The average molecular weight is 347 g/mol. The van der Waals surface area contributed by atoms with Crippen LogP contribution in [0, 0.1) is 0 Å². The Morgan fingerprint density at radius 3 is 2.80 bits per heavy atom. The first-order valence-electron chi connectivity index (χ1n) is 9.59. The molecule has 0 aliphatic carbocycles. The molecule has 7 heteroatoms. The predicted molar refractivity (Wildman–Crippen MR) is 97.0 cm³/mol. The highest BCUT2D eigenvalue weighted by molar-refractivity contribution is 5.44. The Balaban J connectivity index is 1.50. The van der Waals surface area contributed by atoms with E-state index >= 15 is 0 Å². The first-order chi connectivity index (χ1) is 12.3. The molecule has 3 fully saturated rings. The maximum Gasteiger partial charge on any atom is 0.224 e. The predicted octanol–water partition coefficient (Wildman–Crippen LogP) is 1.42. The van der Waals surface area contributed by atoms with E-state index in [1.165, 1.54) is 38.8 Å². The van der Waals surface area contributed by atoms with Gasteiger partial charge in [0, 0.05) is 37.2 Å². The molecule has 3 saturated heterocycles. The van der Waals surface area contributed by atoms with Crippen LogP contribution in [0.2, 0.25) is 0 Å². The van der Waals surface area contributed by atoms with Gasteiger partial charge in [0.2, 0.25) is 5.95 Å². The molecule has 138 valence electrons. The minimum absolute atomic E-state index is 0.0704. The van der Waals surface area contributed by atoms with E-state index in [0.717, 1.165) is 37.7 Å². The van der Waals surface area contributed by atoms with Crippen LogP contribution in [0.5, 0.6) is 0 Å². The van der Waals surface area contributed by atoms with Crippen LogP contribution in [-0.2, 0) is 4.74 Å². The van der Waals surface area contributed by atoms with Crippen LogP contribution < -0.4 is 10.6 Å². The minimum Gasteiger partial charge on any atom is -0.395 e. The molecule has 0 bridgehead atoms. The summed E-state index contributed by atoms with van der Waals surface area (Å²) in [5, 5.41) is 15.8. The van der Waals surface area contributed by atoms with Gasteiger partial charge in [-0.3, -0.25) is 4.90 Å². The van der Waals surface area contributed by atoms with Gasteiger partial charge >= 0.3 is 0 Å². The number of rotatable bonds is 7. The normalized spacial score (nSPS) is 25.2. The van der Waals surface area contributed by atoms with E-state index in [9.17, 15) is 0 Å². The van der Waals surface area contributed by atoms with E-state index in [1.807, 2.05) is 0 Å². The molecule has 1 atom stereocenters. The molecule has 3 aliphatic heterocycles. The number of fused-ring (bicyclic) bond motifs is 1. The van der Waals surface area contributed by atoms with Gasteiger partial charge in [0.1, 0.15) is 5.82 Å². The summed E-state index contributed by atoms with van der Waals surface area (Å²) in [6.07, 6.45) is 6.18. The Hall–Kier alpha value is -1.44. The Morgan fingerprint density at radius 2 is 2.08 bits per heavy atom. The summed E-state index contributed by atoms with van der Waals surface area (Å²) in [6.45, 7) is 5.48. The topological polar surface area (TPSA) is 82.5 Å². The summed E-state index contributed by atoms with van der Waals surface area (Å²) in [4.78, 5) is 11.9. The number of aliphatic hydroxyl groups excluding tert-OH is 1. The molecular formula is C18H29N5O2. The van der Waals surface area contributed by atoms with E-state index in [-0.39, 0.29) is 6.61 Å². The van der Waals surface area contributed by atoms with Gasteiger partial charge in [-0.05, 0) is 45.2 Å². The molecule has 1 aromatic heterocycles. The van der Waals surface area contributed by atoms with Crippen LogP contribution in [0.4, 0.5) is 11.8 Å². The first-order valence-corrected chi connectivity index (χ1v) is 9.59. The van der Waals surface area contributed by atoms with E-state index < -0.39 is 0 Å². The van der Waals surface area contributed by atoms with Gasteiger partial charge in [0.05, 0.1) is 18.9 Å². The van der Waals surface area contributed by atoms with Gasteiger partial charge in [-0.25, -0.2) is 4.98 Å². The highest BCUT2D eigenvalue weighted by Crippen LogP contribution is 2.38. The summed E-state index contributed by atoms with van der Waals surface area (Å²) in [5.74, 6) is 1.81. The van der Waals surface area contributed by atoms with Crippen molar-refractivity contribution in [1.82, 2.24) is 14.9 Å². The van der Waals surface area contributed by atoms with Crippen LogP contribution in [0.15, 0.2) is 6.07 Å².